The second kappa shape index (κ2) is 12.6. The number of carbonyl (C=O) groups excluding carboxylic acids is 1. The Morgan fingerprint density at radius 3 is 2.31 bits per heavy atom. The molecule has 0 saturated carbocycles. The van der Waals surface area contributed by atoms with Gasteiger partial charge in [-0.1, -0.05) is 71.9 Å². The van der Waals surface area contributed by atoms with Crippen LogP contribution in [-0.2, 0) is 27.8 Å². The van der Waals surface area contributed by atoms with Gasteiger partial charge in [-0.2, -0.15) is 0 Å². The molecule has 224 valence electrons. The number of methoxy groups -OCH3 is 1. The zero-order valence-corrected chi connectivity index (χ0v) is 27.7. The Kier molecular flexibility index (Phi) is 9.53. The highest BCUT2D eigenvalue weighted by Gasteiger charge is 2.43. The van der Waals surface area contributed by atoms with Crippen molar-refractivity contribution >= 4 is 15.7 Å². The second-order valence-corrected chi connectivity index (χ2v) is 15.6. The van der Waals surface area contributed by atoms with Crippen LogP contribution in [0, 0.1) is 0 Å². The lowest BCUT2D eigenvalue weighted by Gasteiger charge is -2.39. The summed E-state index contributed by atoms with van der Waals surface area (Å²) in [5.41, 5.74) is 4.39. The van der Waals surface area contributed by atoms with Gasteiger partial charge in [0.05, 0.1) is 18.8 Å². The molecule has 1 aliphatic heterocycles. The summed E-state index contributed by atoms with van der Waals surface area (Å²) in [6, 6.07) is 18.3. The fourth-order valence-electron chi connectivity index (χ4n) is 5.39. The molecule has 2 aromatic carbocycles. The highest BCUT2D eigenvalue weighted by molar-refractivity contribution is 6.31. The van der Waals surface area contributed by atoms with Gasteiger partial charge >= 0.3 is 0 Å². The molecule has 1 fully saturated rings. The Morgan fingerprint density at radius 1 is 0.952 bits per heavy atom. The van der Waals surface area contributed by atoms with Crippen molar-refractivity contribution in [1.82, 2.24) is 9.88 Å². The van der Waals surface area contributed by atoms with E-state index in [1.165, 1.54) is 0 Å². The van der Waals surface area contributed by atoms with E-state index in [0.29, 0.717) is 35.2 Å². The minimum absolute atomic E-state index is 0.0383. The maximum Gasteiger partial charge on any atom is 0.236 e. The topological polar surface area (TPSA) is 60.9 Å². The van der Waals surface area contributed by atoms with Crippen LogP contribution in [0.2, 0.25) is 5.04 Å². The molecule has 3 aromatic rings. The molecule has 1 aliphatic rings. The molecule has 42 heavy (non-hydrogen) atoms. The first kappa shape index (κ1) is 31.8. The van der Waals surface area contributed by atoms with Gasteiger partial charge in [0.1, 0.15) is 12.4 Å². The number of likely N-dealkylation sites (tertiary alicyclic amines) is 1. The highest BCUT2D eigenvalue weighted by Crippen LogP contribution is 2.42. The van der Waals surface area contributed by atoms with Crippen molar-refractivity contribution in [2.24, 2.45) is 0 Å². The standard InChI is InChI=1S/C35H46N2O4Si/c1-33(2,3)28-21-27(26-16-13-19-36-32(26)40-23-24-14-11-10-12-15-24)25(20-29(28)39-9)22-37-30(17-18-31(37)38)35(7,8)41-42-34(4,5)6/h10-16,19-21,30H,17-18,22-23H2,1-9H3/t30-/m0/s1. The monoisotopic (exact) mass is 586 g/mol. The van der Waals surface area contributed by atoms with Gasteiger partial charge in [-0.3, -0.25) is 4.79 Å². The van der Waals surface area contributed by atoms with Crippen molar-refractivity contribution in [3.05, 3.63) is 77.5 Å². The molecule has 1 aromatic heterocycles. The summed E-state index contributed by atoms with van der Waals surface area (Å²) >= 11 is 0. The first-order valence-electron chi connectivity index (χ1n) is 14.8. The SMILES string of the molecule is COc1cc(CN2C(=O)CC[C@H]2C(C)(C)O[Si]C(C)(C)C)c(-c2cccnc2OCc2ccccc2)cc1C(C)(C)C. The molecule has 6 nitrogen and oxygen atoms in total. The van der Waals surface area contributed by atoms with E-state index >= 15 is 0 Å². The van der Waals surface area contributed by atoms with Crippen molar-refractivity contribution in [3.8, 4) is 22.8 Å². The summed E-state index contributed by atoms with van der Waals surface area (Å²) in [4.78, 5) is 20.0. The van der Waals surface area contributed by atoms with Crippen molar-refractivity contribution in [2.45, 2.75) is 103 Å². The molecule has 7 heteroatoms. The summed E-state index contributed by atoms with van der Waals surface area (Å²) in [5.74, 6) is 1.52. The minimum atomic E-state index is -0.480. The van der Waals surface area contributed by atoms with E-state index in [4.69, 9.17) is 13.9 Å². The number of rotatable bonds is 10. The maximum atomic E-state index is 13.4. The van der Waals surface area contributed by atoms with Crippen LogP contribution in [0.15, 0.2) is 60.8 Å². The molecule has 1 amide bonds. The maximum absolute atomic E-state index is 13.4. The number of hydrogen-bond acceptors (Lipinski definition) is 5. The molecule has 0 unspecified atom stereocenters. The second-order valence-electron chi connectivity index (χ2n) is 13.7. The average molecular weight is 587 g/mol. The first-order chi connectivity index (χ1) is 19.7. The largest absolute Gasteiger partial charge is 0.496 e. The van der Waals surface area contributed by atoms with Crippen LogP contribution in [-0.4, -0.2) is 44.3 Å². The Morgan fingerprint density at radius 2 is 1.67 bits per heavy atom. The van der Waals surface area contributed by atoms with Gasteiger partial charge in [0.25, 0.3) is 0 Å². The smallest absolute Gasteiger partial charge is 0.236 e. The van der Waals surface area contributed by atoms with E-state index in [1.54, 1.807) is 13.3 Å². The van der Waals surface area contributed by atoms with Gasteiger partial charge in [-0.15, -0.1) is 0 Å². The minimum Gasteiger partial charge on any atom is -0.496 e. The summed E-state index contributed by atoms with van der Waals surface area (Å²) in [5, 5.41) is 0.0600. The number of nitrogens with zero attached hydrogens (tertiary/aromatic N) is 2. The lowest BCUT2D eigenvalue weighted by Crippen LogP contribution is -2.49. The average Bonchev–Trinajstić information content (AvgIpc) is 3.31. The van der Waals surface area contributed by atoms with Crippen LogP contribution in [0.5, 0.6) is 11.6 Å². The quantitative estimate of drug-likeness (QED) is 0.227. The Labute approximate surface area is 254 Å². The first-order valence-corrected chi connectivity index (χ1v) is 15.7. The van der Waals surface area contributed by atoms with Gasteiger partial charge in [0, 0.05) is 30.3 Å². The Hall–Kier alpha value is -3.16. The number of ether oxygens (including phenoxy) is 2. The lowest BCUT2D eigenvalue weighted by molar-refractivity contribution is -0.132. The van der Waals surface area contributed by atoms with Gasteiger partial charge in [0.15, 0.2) is 0 Å². The van der Waals surface area contributed by atoms with E-state index in [9.17, 15) is 4.79 Å². The summed E-state index contributed by atoms with van der Waals surface area (Å²) < 4.78 is 18.7. The molecule has 0 aliphatic carbocycles. The van der Waals surface area contributed by atoms with Crippen LogP contribution >= 0.6 is 0 Å². The number of pyridine rings is 1. The van der Waals surface area contributed by atoms with Crippen molar-refractivity contribution in [1.29, 1.82) is 0 Å². The van der Waals surface area contributed by atoms with Gasteiger partial charge in [0.2, 0.25) is 21.6 Å². The van der Waals surface area contributed by atoms with Gasteiger partial charge in [-0.25, -0.2) is 4.98 Å². The third kappa shape index (κ3) is 7.61. The fourth-order valence-corrected chi connectivity index (χ4v) is 6.09. The molecule has 2 radical (unpaired) electrons. The van der Waals surface area contributed by atoms with Gasteiger partial charge < -0.3 is 18.8 Å². The van der Waals surface area contributed by atoms with Crippen molar-refractivity contribution in [3.63, 3.8) is 0 Å². The molecule has 0 spiro atoms. The Balaban J connectivity index is 1.77. The number of amides is 1. The van der Waals surface area contributed by atoms with Crippen LogP contribution in [0.1, 0.15) is 84.9 Å². The van der Waals surface area contributed by atoms with E-state index in [-0.39, 0.29) is 22.4 Å². The van der Waals surface area contributed by atoms with E-state index in [0.717, 1.165) is 40.0 Å². The van der Waals surface area contributed by atoms with Gasteiger partial charge in [-0.05, 0) is 71.7 Å². The van der Waals surface area contributed by atoms with Crippen molar-refractivity contribution in [2.75, 3.05) is 7.11 Å². The van der Waals surface area contributed by atoms with E-state index in [1.807, 2.05) is 47.4 Å². The zero-order chi connectivity index (χ0) is 30.7. The molecular formula is C35H46N2O4Si. The molecule has 0 N–H and O–H groups in total. The summed E-state index contributed by atoms with van der Waals surface area (Å²) in [6.07, 6.45) is 3.04. The number of carbonyl (C=O) groups is 1. The fraction of sp³-hybridized carbons (Fsp3) is 0.486. The molecule has 2 heterocycles. The third-order valence-electron chi connectivity index (χ3n) is 7.60. The summed E-state index contributed by atoms with van der Waals surface area (Å²) in [6.45, 7) is 18.2. The van der Waals surface area contributed by atoms with Crippen LogP contribution < -0.4 is 9.47 Å². The van der Waals surface area contributed by atoms with Crippen LogP contribution in [0.25, 0.3) is 11.1 Å². The van der Waals surface area contributed by atoms with Crippen molar-refractivity contribution < 1.29 is 18.7 Å². The summed E-state index contributed by atoms with van der Waals surface area (Å²) in [7, 11) is 2.05. The molecule has 1 atom stereocenters. The zero-order valence-electron chi connectivity index (χ0n) is 26.7. The molecule has 0 bridgehead atoms. The number of aromatic nitrogens is 1. The van der Waals surface area contributed by atoms with Crippen LogP contribution in [0.3, 0.4) is 0 Å². The normalized spacial score (nSPS) is 16.2. The van der Waals surface area contributed by atoms with E-state index in [2.05, 4.69) is 72.5 Å². The number of hydrogen-bond donors (Lipinski definition) is 0. The molecule has 4 rings (SSSR count). The highest BCUT2D eigenvalue weighted by atomic mass is 28.2. The molecule has 1 saturated heterocycles. The third-order valence-corrected chi connectivity index (χ3v) is 8.85. The predicted octanol–water partition coefficient (Wildman–Crippen LogP) is 7.76. The number of benzene rings is 2. The molecular weight excluding hydrogens is 540 g/mol. The lowest BCUT2D eigenvalue weighted by atomic mass is 9.83. The van der Waals surface area contributed by atoms with Crippen LogP contribution in [0.4, 0.5) is 0 Å². The predicted molar refractivity (Wildman–Crippen MR) is 170 cm³/mol. The Bertz CT molecular complexity index is 1380. The van der Waals surface area contributed by atoms with E-state index < -0.39 is 5.60 Å².